The van der Waals surface area contributed by atoms with Crippen LogP contribution in [0.3, 0.4) is 0 Å². The van der Waals surface area contributed by atoms with E-state index in [9.17, 15) is 24.3 Å². The van der Waals surface area contributed by atoms with Gasteiger partial charge in [-0.1, -0.05) is 0 Å². The summed E-state index contributed by atoms with van der Waals surface area (Å²) in [7, 11) is 0. The van der Waals surface area contributed by atoms with Gasteiger partial charge in [0.15, 0.2) is 0 Å². The second kappa shape index (κ2) is 16.7. The van der Waals surface area contributed by atoms with Crippen LogP contribution < -0.4 is 17.2 Å². The lowest BCUT2D eigenvalue weighted by molar-refractivity contribution is -0.856. The zero-order chi connectivity index (χ0) is 22.8. The van der Waals surface area contributed by atoms with Crippen LogP contribution in [0.2, 0.25) is 0 Å². The molecule has 174 valence electrons. The Bertz CT molecular complexity index is 484. The minimum absolute atomic E-state index is 0.0656. The molecule has 7 N–H and O–H groups in total. The standard InChI is InChI=1S/C18H34N4O8/c19-15(24)2-9-28-12-5-22(18(27)1-8-23,6-13-29-10-3-16(20)25)7-14-30-11-4-17(21)26/h23H,1-14H2,(H5-,19,20,21,24,25,26)/p+1. The molecule has 0 aliphatic heterocycles. The number of primary amides is 3. The average molecular weight is 435 g/mol. The molecule has 0 atom stereocenters. The first kappa shape index (κ1) is 27.9. The molecular formula is C18H35N4O8+. The summed E-state index contributed by atoms with van der Waals surface area (Å²) in [4.78, 5) is 45.2. The van der Waals surface area contributed by atoms with E-state index in [0.29, 0.717) is 0 Å². The fourth-order valence-corrected chi connectivity index (χ4v) is 2.58. The van der Waals surface area contributed by atoms with Gasteiger partial charge in [-0.25, -0.2) is 4.79 Å². The number of carbonyl (C=O) groups excluding carboxylic acids is 4. The number of hydrogen-bond donors (Lipinski definition) is 4. The fourth-order valence-electron chi connectivity index (χ4n) is 2.58. The van der Waals surface area contributed by atoms with Gasteiger partial charge in [0.05, 0.1) is 52.7 Å². The Hall–Kier alpha value is -2.12. The summed E-state index contributed by atoms with van der Waals surface area (Å²) in [5.74, 6) is -1.69. The lowest BCUT2D eigenvalue weighted by atomic mass is 10.2. The van der Waals surface area contributed by atoms with Gasteiger partial charge in [0.1, 0.15) is 19.6 Å². The van der Waals surface area contributed by atoms with Crippen LogP contribution in [-0.2, 0) is 33.4 Å². The summed E-state index contributed by atoms with van der Waals surface area (Å²) >= 11 is 0. The monoisotopic (exact) mass is 435 g/mol. The maximum atomic E-state index is 12.8. The van der Waals surface area contributed by atoms with Gasteiger partial charge >= 0.3 is 5.91 Å². The maximum Gasteiger partial charge on any atom is 0.316 e. The lowest BCUT2D eigenvalue weighted by Gasteiger charge is -2.36. The largest absolute Gasteiger partial charge is 0.396 e. The van der Waals surface area contributed by atoms with Crippen molar-refractivity contribution in [3.05, 3.63) is 0 Å². The zero-order valence-electron chi connectivity index (χ0n) is 17.4. The predicted octanol–water partition coefficient (Wildman–Crippen LogP) is -2.61. The first-order valence-electron chi connectivity index (χ1n) is 9.82. The van der Waals surface area contributed by atoms with Crippen molar-refractivity contribution in [2.75, 3.05) is 65.9 Å². The zero-order valence-corrected chi connectivity index (χ0v) is 17.4. The van der Waals surface area contributed by atoms with E-state index in [0.717, 1.165) is 0 Å². The van der Waals surface area contributed by atoms with Crippen LogP contribution in [-0.4, -0.2) is 99.1 Å². The number of nitrogens with two attached hydrogens (primary N) is 3. The van der Waals surface area contributed by atoms with Crippen LogP contribution in [0.1, 0.15) is 25.7 Å². The number of ether oxygens (including phenoxy) is 3. The van der Waals surface area contributed by atoms with Gasteiger partial charge in [-0.3, -0.25) is 18.9 Å². The van der Waals surface area contributed by atoms with Crippen molar-refractivity contribution < 1.29 is 43.0 Å². The minimum atomic E-state index is -0.488. The Morgan fingerprint density at radius 1 is 0.600 bits per heavy atom. The summed E-state index contributed by atoms with van der Waals surface area (Å²) < 4.78 is 16.1. The molecule has 12 heteroatoms. The number of nitrogens with zero attached hydrogens (tertiary/aromatic N) is 1. The summed E-state index contributed by atoms with van der Waals surface area (Å²) in [5.41, 5.74) is 15.2. The third kappa shape index (κ3) is 14.0. The van der Waals surface area contributed by atoms with Crippen LogP contribution in [0.4, 0.5) is 0 Å². The van der Waals surface area contributed by atoms with Gasteiger partial charge in [-0.05, 0) is 0 Å². The Labute approximate surface area is 176 Å². The van der Waals surface area contributed by atoms with Gasteiger partial charge < -0.3 is 36.5 Å². The normalized spacial score (nSPS) is 11.4. The van der Waals surface area contributed by atoms with Crippen molar-refractivity contribution in [1.82, 2.24) is 0 Å². The fraction of sp³-hybridized carbons (Fsp3) is 0.778. The Morgan fingerprint density at radius 2 is 0.933 bits per heavy atom. The quantitative estimate of drug-likeness (QED) is 0.118. The highest BCUT2D eigenvalue weighted by Crippen LogP contribution is 2.12. The molecule has 0 aromatic carbocycles. The molecule has 0 saturated heterocycles. The number of aliphatic hydroxyl groups excluding tert-OH is 1. The lowest BCUT2D eigenvalue weighted by Crippen LogP contribution is -2.58. The molecule has 0 fully saturated rings. The second-order valence-electron chi connectivity index (χ2n) is 6.67. The van der Waals surface area contributed by atoms with Crippen molar-refractivity contribution in [2.45, 2.75) is 25.7 Å². The van der Waals surface area contributed by atoms with Gasteiger partial charge in [-0.2, -0.15) is 0 Å². The van der Waals surface area contributed by atoms with Gasteiger partial charge in [0.2, 0.25) is 17.7 Å². The van der Waals surface area contributed by atoms with Gasteiger partial charge in [0, 0.05) is 19.3 Å². The van der Waals surface area contributed by atoms with Gasteiger partial charge in [0.25, 0.3) is 0 Å². The Balaban J connectivity index is 4.95. The van der Waals surface area contributed by atoms with Crippen molar-refractivity contribution in [2.24, 2.45) is 17.2 Å². The van der Waals surface area contributed by atoms with E-state index < -0.39 is 17.7 Å². The molecule has 0 unspecified atom stereocenters. The molecule has 0 aliphatic carbocycles. The summed E-state index contributed by atoms with van der Waals surface area (Å²) in [6.45, 7) is 1.39. The number of carbonyl (C=O) groups is 4. The van der Waals surface area contributed by atoms with E-state index in [-0.39, 0.29) is 102 Å². The molecule has 0 radical (unpaired) electrons. The second-order valence-corrected chi connectivity index (χ2v) is 6.67. The molecule has 0 aromatic rings. The molecule has 0 aliphatic rings. The van der Waals surface area contributed by atoms with Crippen molar-refractivity contribution in [1.29, 1.82) is 0 Å². The van der Waals surface area contributed by atoms with Crippen LogP contribution in [0.15, 0.2) is 0 Å². The van der Waals surface area contributed by atoms with E-state index in [4.69, 9.17) is 31.4 Å². The first-order valence-corrected chi connectivity index (χ1v) is 9.82. The summed E-state index contributed by atoms with van der Waals surface area (Å²) in [6, 6.07) is 0. The molecule has 0 heterocycles. The highest BCUT2D eigenvalue weighted by molar-refractivity contribution is 5.74. The molecule has 0 aromatic heterocycles. The SMILES string of the molecule is NC(=O)CCOCC[N+](CCOCCC(N)=O)(CCOCCC(N)=O)C(=O)CCO. The highest BCUT2D eigenvalue weighted by atomic mass is 16.5. The molecule has 30 heavy (non-hydrogen) atoms. The van der Waals surface area contributed by atoms with Crippen LogP contribution >= 0.6 is 0 Å². The topological polar surface area (TPSA) is 194 Å². The number of hydrogen-bond acceptors (Lipinski definition) is 8. The van der Waals surface area contributed by atoms with E-state index in [2.05, 4.69) is 0 Å². The van der Waals surface area contributed by atoms with Crippen molar-refractivity contribution >= 4 is 23.6 Å². The third-order valence-electron chi connectivity index (χ3n) is 4.32. The Morgan fingerprint density at radius 3 is 1.20 bits per heavy atom. The number of aliphatic hydroxyl groups is 1. The van der Waals surface area contributed by atoms with E-state index in [1.54, 1.807) is 0 Å². The molecule has 0 rings (SSSR count). The van der Waals surface area contributed by atoms with Crippen LogP contribution in [0.5, 0.6) is 0 Å². The van der Waals surface area contributed by atoms with E-state index in [1.165, 1.54) is 0 Å². The van der Waals surface area contributed by atoms with Gasteiger partial charge in [-0.15, -0.1) is 0 Å². The number of rotatable bonds is 20. The Kier molecular flexibility index (Phi) is 15.5. The van der Waals surface area contributed by atoms with Crippen molar-refractivity contribution in [3.63, 3.8) is 0 Å². The van der Waals surface area contributed by atoms with E-state index >= 15 is 0 Å². The predicted molar refractivity (Wildman–Crippen MR) is 105 cm³/mol. The molecule has 0 spiro atoms. The van der Waals surface area contributed by atoms with Crippen LogP contribution in [0, 0.1) is 0 Å². The number of amides is 4. The molecular weight excluding hydrogens is 400 g/mol. The highest BCUT2D eigenvalue weighted by Gasteiger charge is 2.35. The smallest absolute Gasteiger partial charge is 0.316 e. The summed E-state index contributed by atoms with van der Waals surface area (Å²) in [5, 5.41) is 9.23. The molecule has 4 amide bonds. The molecule has 0 saturated carbocycles. The summed E-state index contributed by atoms with van der Waals surface area (Å²) in [6.07, 6.45) is 0.134. The average Bonchev–Trinajstić information content (AvgIpc) is 2.66. The molecule has 12 nitrogen and oxygen atoms in total. The van der Waals surface area contributed by atoms with Crippen LogP contribution in [0.25, 0.3) is 0 Å². The first-order chi connectivity index (χ1) is 14.2. The molecule has 0 bridgehead atoms. The number of quaternary nitrogens is 1. The maximum absolute atomic E-state index is 12.8. The third-order valence-corrected chi connectivity index (χ3v) is 4.32. The minimum Gasteiger partial charge on any atom is -0.396 e. The van der Waals surface area contributed by atoms with Crippen molar-refractivity contribution in [3.8, 4) is 0 Å². The van der Waals surface area contributed by atoms with E-state index in [1.807, 2.05) is 0 Å².